The van der Waals surface area contributed by atoms with E-state index in [1.807, 2.05) is 0 Å². The first-order valence-corrected chi connectivity index (χ1v) is 9.96. The molecule has 1 nitrogen and oxygen atoms in total. The van der Waals surface area contributed by atoms with Crippen molar-refractivity contribution in [1.82, 2.24) is 5.32 Å². The van der Waals surface area contributed by atoms with Gasteiger partial charge in [-0.1, -0.05) is 64.2 Å². The van der Waals surface area contributed by atoms with Gasteiger partial charge in [-0.25, -0.2) is 0 Å². The van der Waals surface area contributed by atoms with Gasteiger partial charge in [0.05, 0.1) is 0 Å². The summed E-state index contributed by atoms with van der Waals surface area (Å²) in [6.07, 6.45) is 15.9. The molecule has 0 radical (unpaired) electrons. The summed E-state index contributed by atoms with van der Waals surface area (Å²) < 4.78 is 0. The van der Waals surface area contributed by atoms with E-state index >= 15 is 0 Å². The van der Waals surface area contributed by atoms with Crippen LogP contribution in [-0.2, 0) is 0 Å². The molecule has 0 aliphatic heterocycles. The molecule has 136 valence electrons. The standard InChI is InChI=1S/C23H39N/c1-17(2)21(24-23(6,7)20-15-11-12-16-20)18(3)22(4,5)19-13-9-8-10-14-19/h9,11,13,15,17,19-21,24H,3,8,10,12,14,16H2,1-2,4-7H3. The van der Waals surface area contributed by atoms with Crippen molar-refractivity contribution in [2.45, 2.75) is 85.2 Å². The largest absolute Gasteiger partial charge is 0.304 e. The molecule has 0 aromatic carbocycles. The van der Waals surface area contributed by atoms with E-state index in [0.717, 1.165) is 0 Å². The molecule has 24 heavy (non-hydrogen) atoms. The van der Waals surface area contributed by atoms with Gasteiger partial charge in [-0.3, -0.25) is 0 Å². The third kappa shape index (κ3) is 4.23. The summed E-state index contributed by atoms with van der Waals surface area (Å²) in [5.41, 5.74) is 1.63. The van der Waals surface area contributed by atoms with Gasteiger partial charge in [0.25, 0.3) is 0 Å². The quantitative estimate of drug-likeness (QED) is 0.542. The highest BCUT2D eigenvalue weighted by Crippen LogP contribution is 2.43. The molecule has 2 aliphatic rings. The van der Waals surface area contributed by atoms with Gasteiger partial charge >= 0.3 is 0 Å². The molecule has 0 spiro atoms. The number of nitrogens with one attached hydrogen (secondary N) is 1. The second-order valence-corrected chi connectivity index (χ2v) is 9.41. The van der Waals surface area contributed by atoms with Crippen LogP contribution in [0.3, 0.4) is 0 Å². The van der Waals surface area contributed by atoms with Crippen molar-refractivity contribution in [2.24, 2.45) is 23.2 Å². The second-order valence-electron chi connectivity index (χ2n) is 9.41. The smallest absolute Gasteiger partial charge is 0.0310 e. The van der Waals surface area contributed by atoms with Crippen molar-refractivity contribution < 1.29 is 0 Å². The molecule has 0 bridgehead atoms. The van der Waals surface area contributed by atoms with Gasteiger partial charge in [-0.05, 0) is 69.1 Å². The first-order valence-electron chi connectivity index (χ1n) is 9.96. The summed E-state index contributed by atoms with van der Waals surface area (Å²) in [5.74, 6) is 1.80. The highest BCUT2D eigenvalue weighted by Gasteiger charge is 2.39. The molecule has 1 heteroatoms. The van der Waals surface area contributed by atoms with Gasteiger partial charge in [0.15, 0.2) is 0 Å². The third-order valence-corrected chi connectivity index (χ3v) is 6.52. The van der Waals surface area contributed by atoms with Gasteiger partial charge < -0.3 is 5.32 Å². The van der Waals surface area contributed by atoms with Crippen molar-refractivity contribution in [3.63, 3.8) is 0 Å². The maximum atomic E-state index is 4.62. The van der Waals surface area contributed by atoms with E-state index < -0.39 is 0 Å². The Hall–Kier alpha value is -0.820. The Kier molecular flexibility index (Phi) is 6.18. The van der Waals surface area contributed by atoms with E-state index in [9.17, 15) is 0 Å². The zero-order chi connectivity index (χ0) is 18.0. The Balaban J connectivity index is 2.16. The predicted molar refractivity (Wildman–Crippen MR) is 107 cm³/mol. The minimum atomic E-state index is 0.114. The lowest BCUT2D eigenvalue weighted by Gasteiger charge is -2.45. The van der Waals surface area contributed by atoms with E-state index in [4.69, 9.17) is 0 Å². The molecule has 0 aromatic heterocycles. The maximum absolute atomic E-state index is 4.62. The minimum absolute atomic E-state index is 0.114. The lowest BCUT2D eigenvalue weighted by atomic mass is 9.66. The van der Waals surface area contributed by atoms with Crippen molar-refractivity contribution in [3.05, 3.63) is 36.5 Å². The fraction of sp³-hybridized carbons (Fsp3) is 0.739. The van der Waals surface area contributed by atoms with Crippen molar-refractivity contribution in [2.75, 3.05) is 0 Å². The summed E-state index contributed by atoms with van der Waals surface area (Å²) in [7, 11) is 0. The van der Waals surface area contributed by atoms with E-state index in [0.29, 0.717) is 23.8 Å². The van der Waals surface area contributed by atoms with E-state index in [1.165, 1.54) is 37.7 Å². The molecular weight excluding hydrogens is 290 g/mol. The molecular formula is C23H39N. The summed E-state index contributed by atoms with van der Waals surface area (Å²) in [6, 6.07) is 0.360. The first kappa shape index (κ1) is 19.5. The zero-order valence-corrected chi connectivity index (χ0v) is 16.9. The molecule has 0 saturated heterocycles. The van der Waals surface area contributed by atoms with E-state index in [-0.39, 0.29) is 11.0 Å². The number of hydrogen-bond donors (Lipinski definition) is 1. The molecule has 0 fully saturated rings. The Labute approximate surface area is 150 Å². The fourth-order valence-electron chi connectivity index (χ4n) is 4.45. The van der Waals surface area contributed by atoms with Crippen molar-refractivity contribution in [1.29, 1.82) is 0 Å². The van der Waals surface area contributed by atoms with Crippen LogP contribution < -0.4 is 5.32 Å². The average molecular weight is 330 g/mol. The SMILES string of the molecule is C=C(C(NC(C)(C)C1C=CCC1)C(C)C)C(C)(C)C1C=CCCC1. The molecule has 0 saturated carbocycles. The van der Waals surface area contributed by atoms with Gasteiger partial charge in [0, 0.05) is 11.6 Å². The van der Waals surface area contributed by atoms with Crippen LogP contribution in [-0.4, -0.2) is 11.6 Å². The highest BCUT2D eigenvalue weighted by molar-refractivity contribution is 5.22. The lowest BCUT2D eigenvalue weighted by Crippen LogP contribution is -2.54. The molecule has 1 N–H and O–H groups in total. The van der Waals surface area contributed by atoms with Crippen LogP contribution in [0.15, 0.2) is 36.5 Å². The Bertz CT molecular complexity index is 492. The lowest BCUT2D eigenvalue weighted by molar-refractivity contribution is 0.207. The van der Waals surface area contributed by atoms with E-state index in [1.54, 1.807) is 0 Å². The summed E-state index contributed by atoms with van der Waals surface area (Å²) in [6.45, 7) is 18.8. The van der Waals surface area contributed by atoms with Crippen LogP contribution in [0.5, 0.6) is 0 Å². The van der Waals surface area contributed by atoms with Crippen LogP contribution >= 0.6 is 0 Å². The molecule has 3 unspecified atom stereocenters. The van der Waals surface area contributed by atoms with Gasteiger partial charge in [0.2, 0.25) is 0 Å². The summed E-state index contributed by atoms with van der Waals surface area (Å²) >= 11 is 0. The predicted octanol–water partition coefficient (Wildman–Crippen LogP) is 6.28. The summed E-state index contributed by atoms with van der Waals surface area (Å²) in [5, 5.41) is 4.00. The molecule has 0 heterocycles. The van der Waals surface area contributed by atoms with Gasteiger partial charge in [-0.15, -0.1) is 0 Å². The average Bonchev–Trinajstić information content (AvgIpc) is 3.08. The van der Waals surface area contributed by atoms with Crippen molar-refractivity contribution in [3.8, 4) is 0 Å². The highest BCUT2D eigenvalue weighted by atomic mass is 15.0. The van der Waals surface area contributed by atoms with Crippen LogP contribution in [0.1, 0.15) is 73.6 Å². The van der Waals surface area contributed by atoms with Gasteiger partial charge in [-0.2, -0.15) is 0 Å². The maximum Gasteiger partial charge on any atom is 0.0310 e. The number of rotatable bonds is 7. The fourth-order valence-corrected chi connectivity index (χ4v) is 4.45. The monoisotopic (exact) mass is 329 g/mol. The third-order valence-electron chi connectivity index (χ3n) is 6.52. The number of allylic oxidation sites excluding steroid dienone is 3. The Morgan fingerprint density at radius 2 is 1.62 bits per heavy atom. The van der Waals surface area contributed by atoms with Crippen LogP contribution in [0, 0.1) is 23.2 Å². The van der Waals surface area contributed by atoms with Crippen LogP contribution in [0.2, 0.25) is 0 Å². The zero-order valence-electron chi connectivity index (χ0n) is 16.9. The minimum Gasteiger partial charge on any atom is -0.304 e. The van der Waals surface area contributed by atoms with Crippen molar-refractivity contribution >= 4 is 0 Å². The molecule has 0 amide bonds. The molecule has 3 atom stereocenters. The first-order chi connectivity index (χ1) is 11.2. The van der Waals surface area contributed by atoms with Gasteiger partial charge in [0.1, 0.15) is 0 Å². The second kappa shape index (κ2) is 7.60. The molecule has 0 aromatic rings. The Morgan fingerprint density at radius 1 is 1.00 bits per heavy atom. The normalized spacial score (nSPS) is 26.1. The van der Waals surface area contributed by atoms with Crippen LogP contribution in [0.4, 0.5) is 0 Å². The van der Waals surface area contributed by atoms with Crippen LogP contribution in [0.25, 0.3) is 0 Å². The Morgan fingerprint density at radius 3 is 2.12 bits per heavy atom. The van der Waals surface area contributed by atoms with E-state index in [2.05, 4.69) is 77.7 Å². The summed E-state index contributed by atoms with van der Waals surface area (Å²) in [4.78, 5) is 0. The molecule has 2 aliphatic carbocycles. The topological polar surface area (TPSA) is 12.0 Å². The molecule has 2 rings (SSSR count). The number of hydrogen-bond acceptors (Lipinski definition) is 1.